The highest BCUT2D eigenvalue weighted by Crippen LogP contribution is 2.00. The van der Waals surface area contributed by atoms with Gasteiger partial charge < -0.3 is 4.98 Å². The van der Waals surface area contributed by atoms with Gasteiger partial charge in [0.2, 0.25) is 0 Å². The van der Waals surface area contributed by atoms with Gasteiger partial charge in [-0.3, -0.25) is 0 Å². The van der Waals surface area contributed by atoms with Crippen LogP contribution in [0.3, 0.4) is 0 Å². The van der Waals surface area contributed by atoms with Crippen LogP contribution < -0.4 is 0 Å². The van der Waals surface area contributed by atoms with Crippen LogP contribution in [0.15, 0.2) is 42.7 Å². The summed E-state index contributed by atoms with van der Waals surface area (Å²) in [6.45, 7) is 6.26. The Balaban J connectivity index is 0.000000146. The monoisotopic (exact) mass is 187 g/mol. The molecule has 1 nitrogen and oxygen atoms in total. The molecule has 0 aliphatic heterocycles. The van der Waals surface area contributed by atoms with Crippen molar-refractivity contribution < 1.29 is 0 Å². The summed E-state index contributed by atoms with van der Waals surface area (Å²) in [7, 11) is 0. The van der Waals surface area contributed by atoms with E-state index in [9.17, 15) is 0 Å². The van der Waals surface area contributed by atoms with Gasteiger partial charge in [0.05, 0.1) is 0 Å². The van der Waals surface area contributed by atoms with E-state index in [1.165, 1.54) is 16.7 Å². The molecule has 0 aliphatic carbocycles. The molecule has 0 saturated carbocycles. The second-order valence-electron chi connectivity index (χ2n) is 3.55. The molecule has 0 saturated heterocycles. The highest BCUT2D eigenvalue weighted by Gasteiger charge is 1.80. The summed E-state index contributed by atoms with van der Waals surface area (Å²) in [5.74, 6) is 0. The molecule has 0 unspecified atom stereocenters. The van der Waals surface area contributed by atoms with E-state index in [1.807, 2.05) is 18.5 Å². The molecule has 1 aromatic heterocycles. The van der Waals surface area contributed by atoms with Crippen molar-refractivity contribution in [2.45, 2.75) is 20.8 Å². The van der Waals surface area contributed by atoms with Gasteiger partial charge in [0, 0.05) is 12.4 Å². The molecule has 0 fully saturated rings. The number of aryl methyl sites for hydroxylation is 3. The number of nitrogens with one attached hydrogen (secondary N) is 1. The molecule has 0 bridgehead atoms. The minimum atomic E-state index is 1.29. The first-order valence-electron chi connectivity index (χ1n) is 4.81. The predicted molar refractivity (Wildman–Crippen MR) is 61.4 cm³/mol. The maximum absolute atomic E-state index is 2.93. The number of benzene rings is 1. The van der Waals surface area contributed by atoms with Gasteiger partial charge in [-0.1, -0.05) is 35.4 Å². The first-order valence-corrected chi connectivity index (χ1v) is 4.81. The molecular formula is C13H17N. The lowest BCUT2D eigenvalue weighted by Crippen LogP contribution is -1.71. The molecule has 0 radical (unpaired) electrons. The van der Waals surface area contributed by atoms with Crippen LogP contribution in [0.2, 0.25) is 0 Å². The van der Waals surface area contributed by atoms with Gasteiger partial charge in [0.1, 0.15) is 0 Å². The summed E-state index contributed by atoms with van der Waals surface area (Å²) < 4.78 is 0. The van der Waals surface area contributed by atoms with E-state index < -0.39 is 0 Å². The molecule has 1 heteroatoms. The molecule has 2 aromatic rings. The largest absolute Gasteiger partial charge is 0.367 e. The van der Waals surface area contributed by atoms with Gasteiger partial charge in [0.25, 0.3) is 0 Å². The maximum atomic E-state index is 2.93. The van der Waals surface area contributed by atoms with Crippen LogP contribution in [0.4, 0.5) is 0 Å². The summed E-state index contributed by atoms with van der Waals surface area (Å²) in [4.78, 5) is 2.93. The van der Waals surface area contributed by atoms with Gasteiger partial charge in [-0.15, -0.1) is 0 Å². The Kier molecular flexibility index (Phi) is 3.99. The molecule has 1 aromatic carbocycles. The Morgan fingerprint density at radius 1 is 0.857 bits per heavy atom. The zero-order valence-electron chi connectivity index (χ0n) is 9.04. The number of H-pyrrole nitrogens is 1. The van der Waals surface area contributed by atoms with Crippen LogP contribution in [0.5, 0.6) is 0 Å². The van der Waals surface area contributed by atoms with Crippen LogP contribution in [0.1, 0.15) is 16.7 Å². The normalized spacial score (nSPS) is 9.07. The van der Waals surface area contributed by atoms with E-state index in [0.29, 0.717) is 0 Å². The van der Waals surface area contributed by atoms with Crippen molar-refractivity contribution >= 4 is 0 Å². The first kappa shape index (κ1) is 10.6. The molecule has 0 aliphatic rings. The van der Waals surface area contributed by atoms with Gasteiger partial charge in [-0.2, -0.15) is 0 Å². The third-order valence-electron chi connectivity index (χ3n) is 1.93. The first-order chi connectivity index (χ1) is 6.68. The Hall–Kier alpha value is -1.50. The standard InChI is InChI=1S/C8H10.C5H7N/c1-7-4-3-5-8(2)6-7;1-5-2-3-6-4-5/h3-6H,1-2H3;2-4,6H,1H3. The van der Waals surface area contributed by atoms with E-state index in [1.54, 1.807) is 0 Å². The average Bonchev–Trinajstić information content (AvgIpc) is 2.56. The lowest BCUT2D eigenvalue weighted by Gasteiger charge is -1.90. The Labute approximate surface area is 85.8 Å². The number of aromatic amines is 1. The van der Waals surface area contributed by atoms with Gasteiger partial charge >= 0.3 is 0 Å². The smallest absolute Gasteiger partial charge is 0.00345 e. The Morgan fingerprint density at radius 3 is 1.71 bits per heavy atom. The van der Waals surface area contributed by atoms with Crippen molar-refractivity contribution in [3.05, 3.63) is 59.4 Å². The lowest BCUT2D eigenvalue weighted by atomic mass is 10.2. The SMILES string of the molecule is Cc1cc[nH]c1.Cc1cccc(C)c1. The quantitative estimate of drug-likeness (QED) is 0.648. The topological polar surface area (TPSA) is 15.8 Å². The Bertz CT molecular complexity index is 343. The lowest BCUT2D eigenvalue weighted by molar-refractivity contribution is 1.39. The van der Waals surface area contributed by atoms with Crippen molar-refractivity contribution in [3.8, 4) is 0 Å². The fourth-order valence-corrected chi connectivity index (χ4v) is 1.21. The molecule has 1 N–H and O–H groups in total. The predicted octanol–water partition coefficient (Wildman–Crippen LogP) is 3.63. The van der Waals surface area contributed by atoms with Crippen molar-refractivity contribution in [1.82, 2.24) is 4.98 Å². The third kappa shape index (κ3) is 3.94. The van der Waals surface area contributed by atoms with E-state index in [-0.39, 0.29) is 0 Å². The molecular weight excluding hydrogens is 170 g/mol. The van der Waals surface area contributed by atoms with Crippen molar-refractivity contribution in [2.24, 2.45) is 0 Å². The fourth-order valence-electron chi connectivity index (χ4n) is 1.21. The molecule has 0 amide bonds. The van der Waals surface area contributed by atoms with Crippen LogP contribution in [-0.2, 0) is 0 Å². The van der Waals surface area contributed by atoms with Gasteiger partial charge in [-0.05, 0) is 32.4 Å². The summed E-state index contributed by atoms with van der Waals surface area (Å²) in [6.07, 6.45) is 3.87. The molecule has 2 rings (SSSR count). The van der Waals surface area contributed by atoms with E-state index in [4.69, 9.17) is 0 Å². The summed E-state index contributed by atoms with van der Waals surface area (Å²) in [5, 5.41) is 0. The number of rotatable bonds is 0. The van der Waals surface area contributed by atoms with Crippen molar-refractivity contribution in [2.75, 3.05) is 0 Å². The average molecular weight is 187 g/mol. The highest BCUT2D eigenvalue weighted by molar-refractivity contribution is 5.20. The molecule has 0 spiro atoms. The minimum Gasteiger partial charge on any atom is -0.367 e. The zero-order valence-corrected chi connectivity index (χ0v) is 9.04. The molecule has 0 atom stereocenters. The minimum absolute atomic E-state index is 1.29. The maximum Gasteiger partial charge on any atom is 0.00345 e. The van der Waals surface area contributed by atoms with E-state index >= 15 is 0 Å². The summed E-state index contributed by atoms with van der Waals surface area (Å²) in [6, 6.07) is 10.5. The molecule has 74 valence electrons. The fraction of sp³-hybridized carbons (Fsp3) is 0.231. The van der Waals surface area contributed by atoms with Crippen LogP contribution in [0, 0.1) is 20.8 Å². The highest BCUT2D eigenvalue weighted by atomic mass is 14.6. The number of hydrogen-bond donors (Lipinski definition) is 1. The third-order valence-corrected chi connectivity index (χ3v) is 1.93. The van der Waals surface area contributed by atoms with Crippen LogP contribution >= 0.6 is 0 Å². The number of hydrogen-bond acceptors (Lipinski definition) is 0. The Morgan fingerprint density at radius 2 is 1.50 bits per heavy atom. The van der Waals surface area contributed by atoms with Gasteiger partial charge in [-0.25, -0.2) is 0 Å². The summed E-state index contributed by atoms with van der Waals surface area (Å²) >= 11 is 0. The van der Waals surface area contributed by atoms with Crippen molar-refractivity contribution in [1.29, 1.82) is 0 Å². The second kappa shape index (κ2) is 5.28. The second-order valence-corrected chi connectivity index (χ2v) is 3.55. The van der Waals surface area contributed by atoms with E-state index in [0.717, 1.165) is 0 Å². The molecule has 1 heterocycles. The summed E-state index contributed by atoms with van der Waals surface area (Å²) in [5.41, 5.74) is 3.96. The van der Waals surface area contributed by atoms with E-state index in [2.05, 4.69) is 50.0 Å². The van der Waals surface area contributed by atoms with Gasteiger partial charge in [0.15, 0.2) is 0 Å². The molecule has 14 heavy (non-hydrogen) atoms. The van der Waals surface area contributed by atoms with Crippen molar-refractivity contribution in [3.63, 3.8) is 0 Å². The number of aromatic nitrogens is 1. The zero-order chi connectivity index (χ0) is 10.4. The van der Waals surface area contributed by atoms with Crippen LogP contribution in [0.25, 0.3) is 0 Å². The van der Waals surface area contributed by atoms with Crippen LogP contribution in [-0.4, -0.2) is 4.98 Å².